The summed E-state index contributed by atoms with van der Waals surface area (Å²) in [4.78, 5) is 13.6. The second-order valence-electron chi connectivity index (χ2n) is 15.0. The van der Waals surface area contributed by atoms with Crippen LogP contribution in [0.4, 0.5) is 0 Å². The first-order valence-electron chi connectivity index (χ1n) is 15.1. The Labute approximate surface area is 225 Å². The number of carbonyl (C=O) groups excluding carboxylic acids is 1. The van der Waals surface area contributed by atoms with Crippen molar-refractivity contribution < 1.29 is 19.7 Å². The molecule has 4 fully saturated rings. The van der Waals surface area contributed by atoms with E-state index in [9.17, 15) is 15.0 Å². The zero-order valence-electron chi connectivity index (χ0n) is 24.5. The van der Waals surface area contributed by atoms with E-state index in [-0.39, 0.29) is 33.4 Å². The lowest BCUT2D eigenvalue weighted by atomic mass is 9.32. The number of hydrogen-bond acceptors (Lipinski definition) is 4. The molecule has 4 nitrogen and oxygen atoms in total. The molecule has 0 aliphatic heterocycles. The number of allylic oxidation sites excluding steroid dienone is 2. The minimum Gasteiger partial charge on any atom is -0.396 e. The van der Waals surface area contributed by atoms with Gasteiger partial charge in [-0.2, -0.15) is 0 Å². The van der Waals surface area contributed by atoms with E-state index in [4.69, 9.17) is 4.74 Å². The van der Waals surface area contributed by atoms with Gasteiger partial charge in [-0.05, 0) is 116 Å². The van der Waals surface area contributed by atoms with Crippen LogP contribution < -0.4 is 0 Å². The molecule has 5 aliphatic rings. The number of fused-ring (bicyclic) bond motifs is 7. The van der Waals surface area contributed by atoms with Gasteiger partial charge in [0.15, 0.2) is 12.1 Å². The van der Waals surface area contributed by atoms with Gasteiger partial charge in [0.25, 0.3) is 0 Å². The molecule has 0 aromatic heterocycles. The quantitative estimate of drug-likeness (QED) is 0.317. The van der Waals surface area contributed by atoms with Gasteiger partial charge in [0.2, 0.25) is 0 Å². The summed E-state index contributed by atoms with van der Waals surface area (Å²) < 4.78 is 5.58. The number of aliphatic hydroxyl groups excluding tert-OH is 2. The Morgan fingerprint density at radius 3 is 2.35 bits per heavy atom. The lowest BCUT2D eigenvalue weighted by molar-refractivity contribution is -0.222. The van der Waals surface area contributed by atoms with Gasteiger partial charge in [0.05, 0.1) is 0 Å². The van der Waals surface area contributed by atoms with E-state index in [0.717, 1.165) is 32.1 Å². The van der Waals surface area contributed by atoms with E-state index < -0.39 is 11.7 Å². The Kier molecular flexibility index (Phi) is 6.54. The summed E-state index contributed by atoms with van der Waals surface area (Å²) >= 11 is 0. The van der Waals surface area contributed by atoms with Gasteiger partial charge in [-0.1, -0.05) is 52.8 Å². The van der Waals surface area contributed by atoms with Gasteiger partial charge in [-0.15, -0.1) is 0 Å². The predicted molar refractivity (Wildman–Crippen MR) is 148 cm³/mol. The molecule has 10 atom stereocenters. The van der Waals surface area contributed by atoms with Crippen LogP contribution in [-0.2, 0) is 9.53 Å². The summed E-state index contributed by atoms with van der Waals surface area (Å²) in [5, 5.41) is 21.6. The molecule has 0 amide bonds. The highest BCUT2D eigenvalue weighted by atomic mass is 16.6. The summed E-state index contributed by atoms with van der Waals surface area (Å²) in [6, 6.07) is 0. The minimum atomic E-state index is -1.15. The first-order valence-corrected chi connectivity index (χ1v) is 15.1. The lowest BCUT2D eigenvalue weighted by Crippen LogP contribution is -2.66. The molecule has 0 aromatic rings. The number of carbonyl (C=O) groups is 1. The van der Waals surface area contributed by atoms with Gasteiger partial charge < -0.3 is 14.9 Å². The third kappa shape index (κ3) is 3.46. The van der Waals surface area contributed by atoms with Crippen molar-refractivity contribution in [1.82, 2.24) is 0 Å². The highest BCUT2D eigenvalue weighted by Gasteiger charge is 2.70. The van der Waals surface area contributed by atoms with E-state index in [1.807, 2.05) is 6.92 Å². The average Bonchev–Trinajstić information content (AvgIpc) is 3.22. The van der Waals surface area contributed by atoms with Crippen molar-refractivity contribution in [1.29, 1.82) is 0 Å². The minimum absolute atomic E-state index is 0.0556. The fraction of sp³-hybridized carbons (Fsp3) is 0.848. The molecule has 0 heterocycles. The summed E-state index contributed by atoms with van der Waals surface area (Å²) in [6.45, 7) is 20.9. The third-order valence-electron chi connectivity index (χ3n) is 13.5. The van der Waals surface area contributed by atoms with Crippen molar-refractivity contribution in [3.8, 4) is 0 Å². The summed E-state index contributed by atoms with van der Waals surface area (Å²) in [7, 11) is 0. The Morgan fingerprint density at radius 2 is 1.73 bits per heavy atom. The maximum Gasteiger partial charge on any atom is 0.184 e. The maximum absolute atomic E-state index is 13.6. The zero-order chi connectivity index (χ0) is 27.2. The molecular formula is C33H52O4. The number of hydrogen-bond donors (Lipinski definition) is 2. The number of ketones is 1. The number of rotatable bonds is 5. The third-order valence-corrected chi connectivity index (χ3v) is 13.5. The predicted octanol–water partition coefficient (Wildman–Crippen LogP) is 6.71. The fourth-order valence-electron chi connectivity index (χ4n) is 11.5. The van der Waals surface area contributed by atoms with Crippen LogP contribution in [0.3, 0.4) is 0 Å². The average molecular weight is 513 g/mol. The highest BCUT2D eigenvalue weighted by Crippen LogP contribution is 2.77. The molecule has 0 saturated heterocycles. The van der Waals surface area contributed by atoms with Crippen LogP contribution in [0.25, 0.3) is 0 Å². The largest absolute Gasteiger partial charge is 0.396 e. The van der Waals surface area contributed by atoms with Gasteiger partial charge in [0, 0.05) is 24.2 Å². The fourth-order valence-corrected chi connectivity index (χ4v) is 11.5. The lowest BCUT2D eigenvalue weighted by Gasteiger charge is -2.71. The molecule has 4 saturated carbocycles. The number of Topliss-reactive ketones (excluding diaryl/α,β-unsaturated/α-hetero) is 1. The van der Waals surface area contributed by atoms with Crippen molar-refractivity contribution >= 4 is 5.78 Å². The van der Waals surface area contributed by atoms with Crippen LogP contribution >= 0.6 is 0 Å². The molecule has 0 radical (unpaired) electrons. The first-order chi connectivity index (χ1) is 17.2. The molecule has 0 spiro atoms. The Hall–Kier alpha value is -0.970. The van der Waals surface area contributed by atoms with Gasteiger partial charge in [0.1, 0.15) is 0 Å². The van der Waals surface area contributed by atoms with Crippen molar-refractivity contribution in [3.05, 3.63) is 23.8 Å². The molecule has 5 aliphatic carbocycles. The van der Waals surface area contributed by atoms with E-state index in [1.165, 1.54) is 24.8 Å². The van der Waals surface area contributed by atoms with Crippen molar-refractivity contribution in [2.24, 2.45) is 56.7 Å². The smallest absolute Gasteiger partial charge is 0.184 e. The summed E-state index contributed by atoms with van der Waals surface area (Å²) in [6.07, 6.45) is 10.1. The standard InChI is InChI=1S/C33H52O4/c1-9-37-28(36)22-18-30(6)24(29(4,5)27(22)35)13-14-32(8)25(30)11-10-23-26-21(20(2)3)12-15-33(26,19-34)17-16-31(23,32)7/h18,21,23-26,28,34,36H,2,9-17,19H2,1,3-8H3/t21-,23+,24-,25?,26+,28?,30-,31+,32+,33+/m0/s1. The van der Waals surface area contributed by atoms with E-state index in [1.54, 1.807) is 0 Å². The molecule has 37 heavy (non-hydrogen) atoms. The monoisotopic (exact) mass is 512 g/mol. The van der Waals surface area contributed by atoms with Gasteiger partial charge in [-0.25, -0.2) is 0 Å². The molecular weight excluding hydrogens is 460 g/mol. The Morgan fingerprint density at radius 1 is 1.03 bits per heavy atom. The van der Waals surface area contributed by atoms with Crippen LogP contribution in [0.1, 0.15) is 99.8 Å². The normalized spacial score (nSPS) is 49.3. The number of ether oxygens (including phenoxy) is 1. The van der Waals surface area contributed by atoms with E-state index in [0.29, 0.717) is 42.5 Å². The molecule has 208 valence electrons. The molecule has 5 rings (SSSR count). The number of aliphatic hydroxyl groups is 2. The molecule has 0 bridgehead atoms. The van der Waals surface area contributed by atoms with Crippen molar-refractivity contribution in [3.63, 3.8) is 0 Å². The maximum atomic E-state index is 13.6. The molecule has 2 N–H and O–H groups in total. The SMILES string of the molecule is C=C(C)[C@@H]1CC[C@]2(CO)CC[C@]3(C)[C@H](CCC4[C@@]5(C)C=C(C(O)OCC)C(=O)C(C)(C)[C@@H]5CC[C@]43C)[C@@H]12. The highest BCUT2D eigenvalue weighted by molar-refractivity contribution is 6.01. The zero-order valence-corrected chi connectivity index (χ0v) is 24.5. The van der Waals surface area contributed by atoms with Crippen molar-refractivity contribution in [2.75, 3.05) is 13.2 Å². The van der Waals surface area contributed by atoms with Gasteiger partial charge in [-0.3, -0.25) is 4.79 Å². The second-order valence-corrected chi connectivity index (χ2v) is 15.0. The van der Waals surface area contributed by atoms with Crippen LogP contribution in [0.2, 0.25) is 0 Å². The van der Waals surface area contributed by atoms with Gasteiger partial charge >= 0.3 is 0 Å². The van der Waals surface area contributed by atoms with Crippen LogP contribution in [0.15, 0.2) is 23.8 Å². The van der Waals surface area contributed by atoms with E-state index in [2.05, 4.69) is 54.2 Å². The summed E-state index contributed by atoms with van der Waals surface area (Å²) in [5.41, 5.74) is 1.47. The molecule has 4 heteroatoms. The topological polar surface area (TPSA) is 66.8 Å². The second kappa shape index (κ2) is 8.77. The van der Waals surface area contributed by atoms with Crippen LogP contribution in [0.5, 0.6) is 0 Å². The van der Waals surface area contributed by atoms with E-state index >= 15 is 0 Å². The first kappa shape index (κ1) is 27.6. The Balaban J connectivity index is 1.59. The molecule has 0 aromatic carbocycles. The van der Waals surface area contributed by atoms with Crippen LogP contribution in [-0.4, -0.2) is 35.5 Å². The van der Waals surface area contributed by atoms with Crippen molar-refractivity contribution in [2.45, 2.75) is 106 Å². The van der Waals surface area contributed by atoms with Crippen LogP contribution in [0, 0.1) is 56.7 Å². The summed E-state index contributed by atoms with van der Waals surface area (Å²) in [5.74, 6) is 2.39. The Bertz CT molecular complexity index is 996. The molecule has 2 unspecified atom stereocenters.